The minimum absolute atomic E-state index is 0.125. The maximum Gasteiger partial charge on any atom is 0.337 e. The number of aromatic nitrogens is 1. The van der Waals surface area contributed by atoms with Gasteiger partial charge >= 0.3 is 5.97 Å². The summed E-state index contributed by atoms with van der Waals surface area (Å²) in [4.78, 5) is 17.5. The van der Waals surface area contributed by atoms with Crippen molar-refractivity contribution >= 4 is 23.4 Å². The molecule has 0 unspecified atom stereocenters. The van der Waals surface area contributed by atoms with Gasteiger partial charge in [-0.25, -0.2) is 9.78 Å². The van der Waals surface area contributed by atoms with E-state index in [1.54, 1.807) is 0 Å². The second-order valence-corrected chi connectivity index (χ2v) is 5.87. The molecule has 0 amide bonds. The van der Waals surface area contributed by atoms with E-state index < -0.39 is 5.97 Å². The summed E-state index contributed by atoms with van der Waals surface area (Å²) in [6, 6.07) is 1.44. The molecule has 2 heterocycles. The number of aromatic carboxylic acids is 1. The number of anilines is 1. The third-order valence-electron chi connectivity index (χ3n) is 4.72. The van der Waals surface area contributed by atoms with Gasteiger partial charge in [-0.15, -0.1) is 0 Å². The van der Waals surface area contributed by atoms with Crippen LogP contribution in [0, 0.1) is 5.41 Å². The number of rotatable bonds is 4. The molecule has 0 aromatic carbocycles. The molecule has 1 aliphatic heterocycles. The van der Waals surface area contributed by atoms with Gasteiger partial charge in [0.1, 0.15) is 5.82 Å². The molecule has 0 aliphatic carbocycles. The second-order valence-electron chi connectivity index (χ2n) is 5.50. The molecule has 110 valence electrons. The Balaban J connectivity index is 2.19. The molecule has 1 fully saturated rings. The van der Waals surface area contributed by atoms with E-state index >= 15 is 0 Å². The molecule has 1 aromatic rings. The first-order chi connectivity index (χ1) is 9.53. The average Bonchev–Trinajstić information content (AvgIpc) is 2.47. The summed E-state index contributed by atoms with van der Waals surface area (Å²) >= 11 is 6.19. The highest BCUT2D eigenvalue weighted by molar-refractivity contribution is 6.35. The lowest BCUT2D eigenvalue weighted by Gasteiger charge is -2.41. The molecule has 20 heavy (non-hydrogen) atoms. The lowest BCUT2D eigenvalue weighted by atomic mass is 9.74. The number of piperidine rings is 1. The zero-order chi connectivity index (χ0) is 14.8. The standard InChI is InChI=1S/C15H21ClN2O2/c1-3-15(4-2)6-9-18(10-7-15)13-12(16)11(14(19)20)5-8-17-13/h5,8H,3-4,6-7,9-10H2,1-2H3,(H,19,20). The van der Waals surface area contributed by atoms with Gasteiger partial charge in [0.15, 0.2) is 0 Å². The highest BCUT2D eigenvalue weighted by atomic mass is 35.5. The number of carboxylic acids is 1. The number of hydrogen-bond acceptors (Lipinski definition) is 3. The lowest BCUT2D eigenvalue weighted by molar-refractivity contribution is 0.0697. The summed E-state index contributed by atoms with van der Waals surface area (Å²) in [5.41, 5.74) is 0.549. The van der Waals surface area contributed by atoms with E-state index in [1.165, 1.54) is 25.1 Å². The molecule has 0 radical (unpaired) electrons. The highest BCUT2D eigenvalue weighted by Crippen LogP contribution is 2.40. The summed E-state index contributed by atoms with van der Waals surface area (Å²) < 4.78 is 0. The van der Waals surface area contributed by atoms with Gasteiger partial charge in [-0.2, -0.15) is 0 Å². The summed E-state index contributed by atoms with van der Waals surface area (Å²) in [6.07, 6.45) is 6.11. The zero-order valence-electron chi connectivity index (χ0n) is 12.0. The van der Waals surface area contributed by atoms with Crippen LogP contribution >= 0.6 is 11.6 Å². The van der Waals surface area contributed by atoms with Crippen molar-refractivity contribution in [1.82, 2.24) is 4.98 Å². The Labute approximate surface area is 124 Å². The Morgan fingerprint density at radius 2 is 2.00 bits per heavy atom. The van der Waals surface area contributed by atoms with Crippen molar-refractivity contribution in [3.05, 3.63) is 22.8 Å². The summed E-state index contributed by atoms with van der Waals surface area (Å²) in [7, 11) is 0. The normalized spacial score (nSPS) is 18.1. The van der Waals surface area contributed by atoms with Crippen LogP contribution in [0.3, 0.4) is 0 Å². The first-order valence-corrected chi connectivity index (χ1v) is 7.53. The van der Waals surface area contributed by atoms with Gasteiger partial charge in [-0.1, -0.05) is 38.3 Å². The van der Waals surface area contributed by atoms with Crippen molar-refractivity contribution in [3.8, 4) is 0 Å². The zero-order valence-corrected chi connectivity index (χ0v) is 12.8. The molecule has 1 saturated heterocycles. The molecular formula is C15H21ClN2O2. The predicted octanol–water partition coefficient (Wildman–Crippen LogP) is 3.84. The molecule has 1 aromatic heterocycles. The Morgan fingerprint density at radius 1 is 1.40 bits per heavy atom. The van der Waals surface area contributed by atoms with Gasteiger partial charge in [0.05, 0.1) is 10.6 Å². The van der Waals surface area contributed by atoms with Crippen LogP contribution in [0.1, 0.15) is 49.9 Å². The largest absolute Gasteiger partial charge is 0.478 e. The van der Waals surface area contributed by atoms with E-state index in [0.29, 0.717) is 11.2 Å². The van der Waals surface area contributed by atoms with Crippen LogP contribution in [0.4, 0.5) is 5.82 Å². The highest BCUT2D eigenvalue weighted by Gasteiger charge is 2.32. The van der Waals surface area contributed by atoms with Crippen molar-refractivity contribution in [1.29, 1.82) is 0 Å². The van der Waals surface area contributed by atoms with Crippen LogP contribution < -0.4 is 4.90 Å². The maximum atomic E-state index is 11.1. The monoisotopic (exact) mass is 296 g/mol. The molecule has 2 rings (SSSR count). The Bertz CT molecular complexity index is 491. The topological polar surface area (TPSA) is 53.4 Å². The minimum atomic E-state index is -1.01. The van der Waals surface area contributed by atoms with Gasteiger partial charge < -0.3 is 10.0 Å². The van der Waals surface area contributed by atoms with E-state index in [-0.39, 0.29) is 10.6 Å². The Kier molecular flexibility index (Phi) is 4.53. The van der Waals surface area contributed by atoms with Crippen molar-refractivity contribution < 1.29 is 9.90 Å². The van der Waals surface area contributed by atoms with E-state index in [0.717, 1.165) is 25.9 Å². The third kappa shape index (κ3) is 2.75. The van der Waals surface area contributed by atoms with Gasteiger partial charge in [0.25, 0.3) is 0 Å². The van der Waals surface area contributed by atoms with E-state index in [2.05, 4.69) is 23.7 Å². The molecular weight excluding hydrogens is 276 g/mol. The van der Waals surface area contributed by atoms with Crippen LogP contribution in [0.25, 0.3) is 0 Å². The summed E-state index contributed by atoms with van der Waals surface area (Å²) in [5.74, 6) is -0.403. The quantitative estimate of drug-likeness (QED) is 0.917. The van der Waals surface area contributed by atoms with Gasteiger partial charge in [-0.3, -0.25) is 0 Å². The molecule has 1 aliphatic rings. The number of nitrogens with zero attached hydrogens (tertiary/aromatic N) is 2. The molecule has 4 nitrogen and oxygen atoms in total. The molecule has 1 N–H and O–H groups in total. The SMILES string of the molecule is CCC1(CC)CCN(c2nccc(C(=O)O)c2Cl)CC1. The fraction of sp³-hybridized carbons (Fsp3) is 0.600. The molecule has 0 saturated carbocycles. The average molecular weight is 297 g/mol. The smallest absolute Gasteiger partial charge is 0.337 e. The Hall–Kier alpha value is -1.29. The number of carboxylic acid groups (broad SMARTS) is 1. The van der Waals surface area contributed by atoms with Crippen molar-refractivity contribution in [2.24, 2.45) is 5.41 Å². The van der Waals surface area contributed by atoms with Crippen LogP contribution in [-0.2, 0) is 0 Å². The van der Waals surface area contributed by atoms with Crippen LogP contribution in [0.2, 0.25) is 5.02 Å². The van der Waals surface area contributed by atoms with Gasteiger partial charge in [-0.05, 0) is 24.3 Å². The molecule has 0 atom stereocenters. The predicted molar refractivity (Wildman–Crippen MR) is 80.7 cm³/mol. The molecule has 0 spiro atoms. The molecule has 0 bridgehead atoms. The number of pyridine rings is 1. The number of halogens is 1. The lowest BCUT2D eigenvalue weighted by Crippen LogP contribution is -2.40. The van der Waals surface area contributed by atoms with E-state index in [4.69, 9.17) is 16.7 Å². The van der Waals surface area contributed by atoms with E-state index in [9.17, 15) is 4.79 Å². The molecule has 5 heteroatoms. The van der Waals surface area contributed by atoms with Crippen molar-refractivity contribution in [2.45, 2.75) is 39.5 Å². The number of carbonyl (C=O) groups is 1. The minimum Gasteiger partial charge on any atom is -0.478 e. The van der Waals surface area contributed by atoms with Gasteiger partial charge in [0.2, 0.25) is 0 Å². The number of hydrogen-bond donors (Lipinski definition) is 1. The third-order valence-corrected chi connectivity index (χ3v) is 5.10. The fourth-order valence-corrected chi connectivity index (χ4v) is 3.28. The van der Waals surface area contributed by atoms with Crippen LogP contribution in [0.15, 0.2) is 12.3 Å². The van der Waals surface area contributed by atoms with Crippen LogP contribution in [-0.4, -0.2) is 29.1 Å². The van der Waals surface area contributed by atoms with E-state index in [1.807, 2.05) is 0 Å². The van der Waals surface area contributed by atoms with Gasteiger partial charge in [0, 0.05) is 19.3 Å². The summed E-state index contributed by atoms with van der Waals surface area (Å²) in [6.45, 7) is 6.26. The van der Waals surface area contributed by atoms with Crippen LogP contribution in [0.5, 0.6) is 0 Å². The first kappa shape index (κ1) is 15.1. The summed E-state index contributed by atoms with van der Waals surface area (Å²) in [5, 5.41) is 9.37. The fourth-order valence-electron chi connectivity index (χ4n) is 2.97. The maximum absolute atomic E-state index is 11.1. The van der Waals surface area contributed by atoms with Crippen molar-refractivity contribution in [3.63, 3.8) is 0 Å². The first-order valence-electron chi connectivity index (χ1n) is 7.16. The van der Waals surface area contributed by atoms with Crippen molar-refractivity contribution in [2.75, 3.05) is 18.0 Å². The second kappa shape index (κ2) is 6.00. The Morgan fingerprint density at radius 3 is 2.50 bits per heavy atom.